The summed E-state index contributed by atoms with van der Waals surface area (Å²) in [7, 11) is 3.24. The van der Waals surface area contributed by atoms with Gasteiger partial charge < -0.3 is 19.1 Å². The van der Waals surface area contributed by atoms with Crippen LogP contribution in [0.25, 0.3) is 6.08 Å². The third-order valence-electron chi connectivity index (χ3n) is 4.75. The molecule has 1 amide bonds. The van der Waals surface area contributed by atoms with Gasteiger partial charge in [0.1, 0.15) is 12.5 Å². The molecule has 1 aromatic carbocycles. The van der Waals surface area contributed by atoms with Gasteiger partial charge >= 0.3 is 0 Å². The summed E-state index contributed by atoms with van der Waals surface area (Å²) in [6.07, 6.45) is 2.00. The van der Waals surface area contributed by atoms with Crippen LogP contribution in [0.3, 0.4) is 0 Å². The largest absolute Gasteiger partial charge is 0.467 e. The van der Waals surface area contributed by atoms with Crippen LogP contribution in [0.1, 0.15) is 58.2 Å². The van der Waals surface area contributed by atoms with Gasteiger partial charge in [0.2, 0.25) is 0 Å². The number of benzene rings is 1. The number of ether oxygens (including phenoxy) is 3. The molecule has 1 fully saturated rings. The second-order valence-electron chi connectivity index (χ2n) is 9.34. The van der Waals surface area contributed by atoms with E-state index >= 15 is 0 Å². The third kappa shape index (κ3) is 6.00. The highest BCUT2D eigenvalue weighted by molar-refractivity contribution is 8.04. The zero-order valence-corrected chi connectivity index (χ0v) is 19.9. The van der Waals surface area contributed by atoms with Crippen molar-refractivity contribution in [2.75, 3.05) is 40.0 Å². The molecule has 0 aromatic heterocycles. The number of methoxy groups -OCH3 is 2. The van der Waals surface area contributed by atoms with E-state index in [1.165, 1.54) is 0 Å². The van der Waals surface area contributed by atoms with E-state index in [9.17, 15) is 4.79 Å². The SMILES string of the molecule is COCOc1c(C(C)(C)C)cc(C=C2SCCN(COC)C2=O)cc1C(C)(C)C. The number of hydrogen-bond donors (Lipinski definition) is 0. The molecule has 0 radical (unpaired) electrons. The number of rotatable bonds is 6. The first-order valence-corrected chi connectivity index (χ1v) is 10.9. The van der Waals surface area contributed by atoms with E-state index in [0.717, 1.165) is 33.1 Å². The second-order valence-corrected chi connectivity index (χ2v) is 10.5. The molecule has 0 aliphatic carbocycles. The molecule has 162 valence electrons. The minimum atomic E-state index is -0.122. The molecule has 5 nitrogen and oxygen atoms in total. The van der Waals surface area contributed by atoms with Crippen molar-refractivity contribution >= 4 is 23.7 Å². The normalized spacial score (nSPS) is 17.2. The molecule has 2 rings (SSSR count). The molecule has 29 heavy (non-hydrogen) atoms. The van der Waals surface area contributed by atoms with Gasteiger partial charge in [0.15, 0.2) is 6.79 Å². The molecule has 1 aliphatic heterocycles. The van der Waals surface area contributed by atoms with Crippen LogP contribution in [0, 0.1) is 0 Å². The molecule has 1 saturated heterocycles. The number of hydrogen-bond acceptors (Lipinski definition) is 5. The Hall–Kier alpha value is -1.50. The van der Waals surface area contributed by atoms with E-state index in [0.29, 0.717) is 13.3 Å². The fourth-order valence-electron chi connectivity index (χ4n) is 3.24. The van der Waals surface area contributed by atoms with Crippen molar-refractivity contribution in [3.05, 3.63) is 33.7 Å². The molecule has 0 atom stereocenters. The van der Waals surface area contributed by atoms with Gasteiger partial charge in [0.25, 0.3) is 5.91 Å². The Morgan fingerprint density at radius 3 is 2.10 bits per heavy atom. The molecule has 1 heterocycles. The van der Waals surface area contributed by atoms with Crippen molar-refractivity contribution < 1.29 is 19.0 Å². The summed E-state index contributed by atoms with van der Waals surface area (Å²) in [5.41, 5.74) is 2.98. The van der Waals surface area contributed by atoms with Crippen LogP contribution in [0.5, 0.6) is 5.75 Å². The van der Waals surface area contributed by atoms with Gasteiger partial charge in [-0.25, -0.2) is 0 Å². The number of carbonyl (C=O) groups is 1. The summed E-state index contributed by atoms with van der Waals surface area (Å²) in [4.78, 5) is 15.3. The standard InChI is InChI=1S/C23H35NO4S/c1-22(2,3)17-11-16(12-18(23(4,5)6)20(17)28-15-27-8)13-19-21(25)24(14-26-7)9-10-29-19/h11-13H,9-10,14-15H2,1-8H3. The van der Waals surface area contributed by atoms with Gasteiger partial charge in [-0.15, -0.1) is 11.8 Å². The van der Waals surface area contributed by atoms with Crippen LogP contribution >= 0.6 is 11.8 Å². The molecule has 0 unspecified atom stereocenters. The third-order valence-corrected chi connectivity index (χ3v) is 5.74. The predicted molar refractivity (Wildman–Crippen MR) is 120 cm³/mol. The first-order chi connectivity index (χ1) is 13.5. The first-order valence-electron chi connectivity index (χ1n) is 9.92. The number of nitrogens with zero attached hydrogens (tertiary/aromatic N) is 1. The van der Waals surface area contributed by atoms with Crippen LogP contribution < -0.4 is 4.74 Å². The second kappa shape index (κ2) is 9.54. The van der Waals surface area contributed by atoms with Crippen molar-refractivity contribution in [2.45, 2.75) is 52.4 Å². The Morgan fingerprint density at radius 2 is 1.62 bits per heavy atom. The Labute approximate surface area is 179 Å². The highest BCUT2D eigenvalue weighted by Gasteiger charge is 2.29. The molecular weight excluding hydrogens is 386 g/mol. The Morgan fingerprint density at radius 1 is 1.03 bits per heavy atom. The Kier molecular flexibility index (Phi) is 7.82. The maximum Gasteiger partial charge on any atom is 0.262 e. The summed E-state index contributed by atoms with van der Waals surface area (Å²) in [6, 6.07) is 4.27. The summed E-state index contributed by atoms with van der Waals surface area (Å²) < 4.78 is 16.4. The lowest BCUT2D eigenvalue weighted by molar-refractivity contribution is -0.130. The molecule has 0 N–H and O–H groups in total. The van der Waals surface area contributed by atoms with E-state index in [-0.39, 0.29) is 23.5 Å². The van der Waals surface area contributed by atoms with Crippen LogP contribution in [-0.4, -0.2) is 50.8 Å². The maximum atomic E-state index is 12.8. The molecule has 1 aromatic rings. The van der Waals surface area contributed by atoms with Crippen LogP contribution in [-0.2, 0) is 25.1 Å². The van der Waals surface area contributed by atoms with Crippen molar-refractivity contribution in [2.24, 2.45) is 0 Å². The van der Waals surface area contributed by atoms with E-state index < -0.39 is 0 Å². The predicted octanol–water partition coefficient (Wildman–Crippen LogP) is 4.78. The minimum absolute atomic E-state index is 0.0254. The molecular formula is C23H35NO4S. The first kappa shape index (κ1) is 23.8. The average molecular weight is 422 g/mol. The van der Waals surface area contributed by atoms with Crippen molar-refractivity contribution in [1.29, 1.82) is 0 Å². The Balaban J connectivity index is 2.59. The number of thioether (sulfide) groups is 1. The minimum Gasteiger partial charge on any atom is -0.467 e. The lowest BCUT2D eigenvalue weighted by Crippen LogP contribution is -2.38. The van der Waals surface area contributed by atoms with E-state index in [1.54, 1.807) is 30.9 Å². The summed E-state index contributed by atoms with van der Waals surface area (Å²) in [5, 5.41) is 0. The fourth-order valence-corrected chi connectivity index (χ4v) is 4.24. The quantitative estimate of drug-likeness (QED) is 0.488. The molecule has 0 spiro atoms. The zero-order valence-electron chi connectivity index (χ0n) is 19.0. The van der Waals surface area contributed by atoms with Crippen molar-refractivity contribution in [3.63, 3.8) is 0 Å². The van der Waals surface area contributed by atoms with E-state index in [4.69, 9.17) is 14.2 Å². The zero-order chi connectivity index (χ0) is 21.8. The van der Waals surface area contributed by atoms with Gasteiger partial charge in [-0.05, 0) is 34.6 Å². The van der Waals surface area contributed by atoms with Crippen LogP contribution in [0.15, 0.2) is 17.0 Å². The highest BCUT2D eigenvalue weighted by Crippen LogP contribution is 2.41. The smallest absolute Gasteiger partial charge is 0.262 e. The van der Waals surface area contributed by atoms with Crippen molar-refractivity contribution in [1.82, 2.24) is 4.90 Å². The lowest BCUT2D eigenvalue weighted by atomic mass is 9.78. The molecule has 6 heteroatoms. The number of carbonyl (C=O) groups excluding carboxylic acids is 1. The maximum absolute atomic E-state index is 12.8. The molecule has 0 bridgehead atoms. The fraction of sp³-hybridized carbons (Fsp3) is 0.609. The van der Waals surface area contributed by atoms with Crippen LogP contribution in [0.4, 0.5) is 0 Å². The molecule has 0 saturated carbocycles. The highest BCUT2D eigenvalue weighted by atomic mass is 32.2. The lowest BCUT2D eigenvalue weighted by Gasteiger charge is -2.30. The van der Waals surface area contributed by atoms with Gasteiger partial charge in [-0.1, -0.05) is 41.5 Å². The van der Waals surface area contributed by atoms with Crippen LogP contribution in [0.2, 0.25) is 0 Å². The van der Waals surface area contributed by atoms with Gasteiger partial charge in [-0.2, -0.15) is 0 Å². The monoisotopic (exact) mass is 421 g/mol. The molecule has 1 aliphatic rings. The topological polar surface area (TPSA) is 48.0 Å². The Bertz CT molecular complexity index is 722. The summed E-state index contributed by atoms with van der Waals surface area (Å²) in [6.45, 7) is 14.3. The van der Waals surface area contributed by atoms with Gasteiger partial charge in [-0.3, -0.25) is 4.79 Å². The average Bonchev–Trinajstić information content (AvgIpc) is 2.62. The van der Waals surface area contributed by atoms with Gasteiger partial charge in [0.05, 0.1) is 4.91 Å². The summed E-state index contributed by atoms with van der Waals surface area (Å²) >= 11 is 1.60. The van der Waals surface area contributed by atoms with E-state index in [2.05, 4.69) is 53.7 Å². The summed E-state index contributed by atoms with van der Waals surface area (Å²) in [5.74, 6) is 1.77. The van der Waals surface area contributed by atoms with Gasteiger partial charge in [0, 0.05) is 37.6 Å². The van der Waals surface area contributed by atoms with Crippen molar-refractivity contribution in [3.8, 4) is 5.75 Å². The number of amides is 1. The van der Waals surface area contributed by atoms with E-state index in [1.807, 2.05) is 6.08 Å².